The number of rotatable bonds is 7. The minimum atomic E-state index is -0.446. The van der Waals surface area contributed by atoms with Crippen LogP contribution in [0.15, 0.2) is 79.0 Å². The van der Waals surface area contributed by atoms with Gasteiger partial charge in [0.15, 0.2) is 11.5 Å². The van der Waals surface area contributed by atoms with E-state index in [2.05, 4.69) is 5.32 Å². The molecule has 176 valence electrons. The summed E-state index contributed by atoms with van der Waals surface area (Å²) >= 11 is 0. The summed E-state index contributed by atoms with van der Waals surface area (Å²) in [6, 6.07) is 21.1. The molecule has 2 heterocycles. The fraction of sp³-hybridized carbons (Fsp3) is 0.154. The largest absolute Gasteiger partial charge is 0.454 e. The predicted molar refractivity (Wildman–Crippen MR) is 128 cm³/mol. The van der Waals surface area contributed by atoms with E-state index < -0.39 is 4.92 Å². The smallest absolute Gasteiger partial charge is 0.269 e. The summed E-state index contributed by atoms with van der Waals surface area (Å²) < 4.78 is 12.5. The lowest BCUT2D eigenvalue weighted by atomic mass is 10.0. The van der Waals surface area contributed by atoms with Gasteiger partial charge in [0.25, 0.3) is 5.69 Å². The maximum atomic E-state index is 13.0. The first-order valence-electron chi connectivity index (χ1n) is 11.1. The second kappa shape index (κ2) is 9.30. The number of hydrogen-bond donors (Lipinski definition) is 1. The molecule has 1 aliphatic heterocycles. The number of nitro benzene ring substituents is 1. The molecule has 9 nitrogen and oxygen atoms in total. The van der Waals surface area contributed by atoms with Gasteiger partial charge in [-0.25, -0.2) is 4.68 Å². The molecule has 0 spiro atoms. The Morgan fingerprint density at radius 2 is 1.83 bits per heavy atom. The zero-order valence-corrected chi connectivity index (χ0v) is 18.9. The number of nitrogens with zero attached hydrogens (tertiary/aromatic N) is 3. The summed E-state index contributed by atoms with van der Waals surface area (Å²) in [5, 5.41) is 18.8. The van der Waals surface area contributed by atoms with Gasteiger partial charge in [0, 0.05) is 29.5 Å². The summed E-state index contributed by atoms with van der Waals surface area (Å²) in [5.41, 5.74) is 3.73. The lowest BCUT2D eigenvalue weighted by molar-refractivity contribution is -0.384. The number of benzene rings is 3. The molecule has 9 heteroatoms. The van der Waals surface area contributed by atoms with E-state index >= 15 is 0 Å². The van der Waals surface area contributed by atoms with E-state index in [9.17, 15) is 14.9 Å². The number of amides is 1. The average Bonchev–Trinajstić information content (AvgIpc) is 3.51. The van der Waals surface area contributed by atoms with Gasteiger partial charge >= 0.3 is 0 Å². The topological polar surface area (TPSA) is 109 Å². The molecule has 1 aliphatic rings. The van der Waals surface area contributed by atoms with Gasteiger partial charge in [-0.15, -0.1) is 0 Å². The normalized spacial score (nSPS) is 12.8. The molecule has 3 aromatic carbocycles. The third-order valence-electron chi connectivity index (χ3n) is 5.79. The van der Waals surface area contributed by atoms with Crippen molar-refractivity contribution in [2.45, 2.75) is 19.4 Å². The first-order valence-corrected chi connectivity index (χ1v) is 11.1. The minimum absolute atomic E-state index is 0.00640. The molecule has 0 fully saturated rings. The SMILES string of the molecule is CC(NC(=O)Cc1cn(-c2ccccc2)nc1-c1ccc([N+](=O)[O-])cc1)c1ccc2c(c1)OCO2. The van der Waals surface area contributed by atoms with Gasteiger partial charge in [0.2, 0.25) is 12.7 Å². The summed E-state index contributed by atoms with van der Waals surface area (Å²) in [5.74, 6) is 1.17. The molecule has 1 aromatic heterocycles. The van der Waals surface area contributed by atoms with Crippen molar-refractivity contribution in [2.75, 3.05) is 6.79 Å². The van der Waals surface area contributed by atoms with E-state index in [1.165, 1.54) is 12.1 Å². The van der Waals surface area contributed by atoms with Crippen LogP contribution in [0.4, 0.5) is 5.69 Å². The molecule has 0 saturated carbocycles. The monoisotopic (exact) mass is 470 g/mol. The summed E-state index contributed by atoms with van der Waals surface area (Å²) in [6.45, 7) is 2.09. The van der Waals surface area contributed by atoms with Crippen LogP contribution in [0.1, 0.15) is 24.1 Å². The molecule has 0 bridgehead atoms. The third kappa shape index (κ3) is 4.70. The molecular weight excluding hydrogens is 448 g/mol. The number of aromatic nitrogens is 2. The lowest BCUT2D eigenvalue weighted by Crippen LogP contribution is -2.28. The summed E-state index contributed by atoms with van der Waals surface area (Å²) in [4.78, 5) is 23.6. The maximum Gasteiger partial charge on any atom is 0.269 e. The van der Waals surface area contributed by atoms with Crippen molar-refractivity contribution in [3.8, 4) is 28.4 Å². The molecule has 4 aromatic rings. The van der Waals surface area contributed by atoms with Crippen LogP contribution in [0.25, 0.3) is 16.9 Å². The number of ether oxygens (including phenoxy) is 2. The van der Waals surface area contributed by atoms with Crippen molar-refractivity contribution in [1.82, 2.24) is 15.1 Å². The van der Waals surface area contributed by atoms with Gasteiger partial charge in [0.1, 0.15) is 0 Å². The van der Waals surface area contributed by atoms with Crippen molar-refractivity contribution < 1.29 is 19.2 Å². The highest BCUT2D eigenvalue weighted by atomic mass is 16.7. The van der Waals surface area contributed by atoms with Crippen molar-refractivity contribution in [1.29, 1.82) is 0 Å². The van der Waals surface area contributed by atoms with E-state index in [0.29, 0.717) is 28.3 Å². The number of non-ortho nitro benzene ring substituents is 1. The van der Waals surface area contributed by atoms with Crippen molar-refractivity contribution in [3.63, 3.8) is 0 Å². The van der Waals surface area contributed by atoms with Gasteiger partial charge in [0.05, 0.1) is 28.8 Å². The number of nitro groups is 1. The Hall–Kier alpha value is -4.66. The van der Waals surface area contributed by atoms with Crippen LogP contribution in [0.2, 0.25) is 0 Å². The lowest BCUT2D eigenvalue weighted by Gasteiger charge is -2.15. The Morgan fingerprint density at radius 1 is 1.09 bits per heavy atom. The van der Waals surface area contributed by atoms with Crippen LogP contribution >= 0.6 is 0 Å². The van der Waals surface area contributed by atoms with Gasteiger partial charge in [-0.1, -0.05) is 24.3 Å². The fourth-order valence-corrected chi connectivity index (χ4v) is 3.97. The van der Waals surface area contributed by atoms with Gasteiger partial charge < -0.3 is 14.8 Å². The molecule has 0 aliphatic carbocycles. The van der Waals surface area contributed by atoms with E-state index in [1.54, 1.807) is 16.8 Å². The molecule has 1 amide bonds. The van der Waals surface area contributed by atoms with Gasteiger partial charge in [-0.05, 0) is 48.9 Å². The molecule has 0 radical (unpaired) electrons. The summed E-state index contributed by atoms with van der Waals surface area (Å²) in [6.07, 6.45) is 1.91. The second-order valence-corrected chi connectivity index (χ2v) is 8.17. The van der Waals surface area contributed by atoms with Crippen LogP contribution in [0, 0.1) is 10.1 Å². The van der Waals surface area contributed by atoms with Gasteiger partial charge in [-0.3, -0.25) is 14.9 Å². The van der Waals surface area contributed by atoms with Crippen LogP contribution in [-0.2, 0) is 11.2 Å². The number of carbonyl (C=O) groups excluding carboxylic acids is 1. The molecule has 5 rings (SSSR count). The highest BCUT2D eigenvalue weighted by Crippen LogP contribution is 2.34. The molecular formula is C26H22N4O5. The van der Waals surface area contributed by atoms with E-state index in [4.69, 9.17) is 14.6 Å². The van der Waals surface area contributed by atoms with E-state index in [0.717, 1.165) is 11.3 Å². The molecule has 0 saturated heterocycles. The zero-order valence-electron chi connectivity index (χ0n) is 18.9. The number of hydrogen-bond acceptors (Lipinski definition) is 6. The number of nitrogens with one attached hydrogen (secondary N) is 1. The minimum Gasteiger partial charge on any atom is -0.454 e. The van der Waals surface area contributed by atoms with Crippen molar-refractivity contribution in [2.24, 2.45) is 0 Å². The molecule has 1 N–H and O–H groups in total. The Balaban J connectivity index is 1.40. The average molecular weight is 470 g/mol. The first kappa shape index (κ1) is 22.1. The zero-order chi connectivity index (χ0) is 24.4. The fourth-order valence-electron chi connectivity index (χ4n) is 3.97. The van der Waals surface area contributed by atoms with E-state index in [-0.39, 0.29) is 30.9 Å². The second-order valence-electron chi connectivity index (χ2n) is 8.17. The molecule has 1 unspecified atom stereocenters. The highest BCUT2D eigenvalue weighted by molar-refractivity contribution is 5.81. The maximum absolute atomic E-state index is 13.0. The van der Waals surface area contributed by atoms with Crippen LogP contribution in [-0.4, -0.2) is 27.4 Å². The number of fused-ring (bicyclic) bond motifs is 1. The van der Waals surface area contributed by atoms with Crippen LogP contribution < -0.4 is 14.8 Å². The Kier molecular flexibility index (Phi) is 5.88. The van der Waals surface area contributed by atoms with Crippen LogP contribution in [0.3, 0.4) is 0 Å². The van der Waals surface area contributed by atoms with Crippen molar-refractivity contribution in [3.05, 3.63) is 100 Å². The molecule has 35 heavy (non-hydrogen) atoms. The third-order valence-corrected chi connectivity index (χ3v) is 5.79. The quantitative estimate of drug-likeness (QED) is 0.312. The van der Waals surface area contributed by atoms with E-state index in [1.807, 2.05) is 61.7 Å². The highest BCUT2D eigenvalue weighted by Gasteiger charge is 2.20. The van der Waals surface area contributed by atoms with Crippen LogP contribution in [0.5, 0.6) is 11.5 Å². The molecule has 1 atom stereocenters. The first-order chi connectivity index (χ1) is 17.0. The number of para-hydroxylation sites is 1. The van der Waals surface area contributed by atoms with Crippen molar-refractivity contribution >= 4 is 11.6 Å². The number of carbonyl (C=O) groups is 1. The Bertz CT molecular complexity index is 1380. The summed E-state index contributed by atoms with van der Waals surface area (Å²) in [7, 11) is 0. The Morgan fingerprint density at radius 3 is 2.57 bits per heavy atom. The predicted octanol–water partition coefficient (Wildman–Crippen LogP) is 4.60. The Labute approximate surface area is 201 Å². The standard InChI is InChI=1S/C26H22N4O5/c1-17(19-9-12-23-24(13-19)35-16-34-23)27-25(31)14-20-15-29(21-5-3-2-4-6-21)28-26(20)18-7-10-22(11-8-18)30(32)33/h2-13,15,17H,14,16H2,1H3,(H,27,31). The van der Waals surface area contributed by atoms with Gasteiger partial charge in [-0.2, -0.15) is 5.10 Å².